The number of hydrogen-bond acceptors (Lipinski definition) is 6. The van der Waals surface area contributed by atoms with Crippen LogP contribution >= 0.6 is 0 Å². The van der Waals surface area contributed by atoms with E-state index in [1.165, 1.54) is 21.3 Å². The van der Waals surface area contributed by atoms with Crippen LogP contribution in [0.3, 0.4) is 0 Å². The molecule has 0 saturated heterocycles. The van der Waals surface area contributed by atoms with Crippen LogP contribution in [-0.2, 0) is 28.6 Å². The number of methoxy groups -OCH3 is 3. The predicted molar refractivity (Wildman–Crippen MR) is 81.0 cm³/mol. The first-order valence-corrected chi connectivity index (χ1v) is 7.74. The number of carbonyl (C=O) groups excluding carboxylic acids is 3. The van der Waals surface area contributed by atoms with E-state index in [9.17, 15) is 14.4 Å². The molecule has 0 aliphatic heterocycles. The van der Waals surface area contributed by atoms with Crippen molar-refractivity contribution >= 4 is 17.9 Å². The van der Waals surface area contributed by atoms with E-state index in [0.717, 1.165) is 32.1 Å². The normalized spacial score (nSPS) is 13.1. The maximum atomic E-state index is 12.0. The van der Waals surface area contributed by atoms with E-state index in [2.05, 4.69) is 11.7 Å². The zero-order valence-corrected chi connectivity index (χ0v) is 14.1. The van der Waals surface area contributed by atoms with Gasteiger partial charge in [-0.15, -0.1) is 0 Å². The monoisotopic (exact) mass is 316 g/mol. The van der Waals surface area contributed by atoms with Crippen molar-refractivity contribution in [1.82, 2.24) is 0 Å². The van der Waals surface area contributed by atoms with Crippen LogP contribution in [0.4, 0.5) is 0 Å². The number of rotatable bonds is 11. The van der Waals surface area contributed by atoms with Gasteiger partial charge in [-0.3, -0.25) is 14.4 Å². The highest BCUT2D eigenvalue weighted by Crippen LogP contribution is 2.26. The summed E-state index contributed by atoms with van der Waals surface area (Å²) >= 11 is 0. The van der Waals surface area contributed by atoms with E-state index < -0.39 is 29.7 Å². The van der Waals surface area contributed by atoms with Gasteiger partial charge in [0, 0.05) is 0 Å². The van der Waals surface area contributed by atoms with Gasteiger partial charge in [0.1, 0.15) is 0 Å². The molecule has 0 N–H and O–H groups in total. The maximum Gasteiger partial charge on any atom is 0.310 e. The van der Waals surface area contributed by atoms with Gasteiger partial charge in [0.25, 0.3) is 0 Å². The van der Waals surface area contributed by atoms with Crippen molar-refractivity contribution in [3.05, 3.63) is 0 Å². The molecule has 22 heavy (non-hydrogen) atoms. The summed E-state index contributed by atoms with van der Waals surface area (Å²) < 4.78 is 14.1. The smallest absolute Gasteiger partial charge is 0.310 e. The van der Waals surface area contributed by atoms with Gasteiger partial charge >= 0.3 is 17.9 Å². The van der Waals surface area contributed by atoms with Gasteiger partial charge in [0.15, 0.2) is 0 Å². The van der Waals surface area contributed by atoms with Crippen LogP contribution in [-0.4, -0.2) is 39.2 Å². The second-order valence-corrected chi connectivity index (χ2v) is 5.24. The van der Waals surface area contributed by atoms with Gasteiger partial charge in [-0.1, -0.05) is 39.0 Å². The topological polar surface area (TPSA) is 78.9 Å². The Kier molecular flexibility index (Phi) is 11.1. The molecule has 0 saturated carbocycles. The Hall–Kier alpha value is -1.59. The molecule has 0 bridgehead atoms. The van der Waals surface area contributed by atoms with Crippen molar-refractivity contribution in [3.8, 4) is 0 Å². The number of ether oxygens (including phenoxy) is 3. The molecular weight excluding hydrogens is 288 g/mol. The van der Waals surface area contributed by atoms with Crippen LogP contribution in [0.25, 0.3) is 0 Å². The highest BCUT2D eigenvalue weighted by Gasteiger charge is 2.36. The Balaban J connectivity index is 4.85. The van der Waals surface area contributed by atoms with Crippen LogP contribution in [0.1, 0.15) is 51.9 Å². The van der Waals surface area contributed by atoms with Gasteiger partial charge in [0.05, 0.1) is 39.6 Å². The average molecular weight is 316 g/mol. The van der Waals surface area contributed by atoms with E-state index in [-0.39, 0.29) is 6.42 Å². The molecule has 0 spiro atoms. The van der Waals surface area contributed by atoms with Crippen LogP contribution in [0, 0.1) is 11.8 Å². The molecule has 6 heteroatoms. The van der Waals surface area contributed by atoms with Crippen molar-refractivity contribution in [2.45, 2.75) is 51.9 Å². The summed E-state index contributed by atoms with van der Waals surface area (Å²) in [6.45, 7) is 2.13. The molecule has 6 nitrogen and oxygen atoms in total. The molecule has 0 radical (unpaired) electrons. The molecule has 0 heterocycles. The van der Waals surface area contributed by atoms with Gasteiger partial charge in [-0.05, 0) is 6.42 Å². The van der Waals surface area contributed by atoms with Crippen LogP contribution in [0.15, 0.2) is 0 Å². The van der Waals surface area contributed by atoms with Gasteiger partial charge in [0.2, 0.25) is 0 Å². The Morgan fingerprint density at radius 2 is 1.32 bits per heavy atom. The quantitative estimate of drug-likeness (QED) is 0.331. The van der Waals surface area contributed by atoms with Crippen molar-refractivity contribution in [2.75, 3.05) is 21.3 Å². The lowest BCUT2D eigenvalue weighted by molar-refractivity contribution is -0.161. The van der Waals surface area contributed by atoms with Crippen molar-refractivity contribution < 1.29 is 28.6 Å². The lowest BCUT2D eigenvalue weighted by atomic mass is 9.85. The highest BCUT2D eigenvalue weighted by molar-refractivity contribution is 5.85. The summed E-state index contributed by atoms with van der Waals surface area (Å²) in [5.74, 6) is -3.17. The first-order chi connectivity index (χ1) is 10.5. The van der Waals surface area contributed by atoms with Crippen molar-refractivity contribution in [1.29, 1.82) is 0 Å². The standard InChI is InChI=1S/C16H28O6/c1-5-6-7-8-9-10-12(15(18)21-3)13(16(19)22-4)11-14(17)20-2/h12-13H,5-11H2,1-4H3. The third kappa shape index (κ3) is 7.43. The third-order valence-electron chi connectivity index (χ3n) is 3.73. The first kappa shape index (κ1) is 20.4. The molecule has 0 aromatic heterocycles. The van der Waals surface area contributed by atoms with E-state index in [1.54, 1.807) is 0 Å². The number of esters is 3. The minimum absolute atomic E-state index is 0.183. The lowest BCUT2D eigenvalue weighted by Gasteiger charge is -2.22. The summed E-state index contributed by atoms with van der Waals surface area (Å²) in [5, 5.41) is 0. The zero-order chi connectivity index (χ0) is 17.0. The third-order valence-corrected chi connectivity index (χ3v) is 3.73. The maximum absolute atomic E-state index is 12.0. The lowest BCUT2D eigenvalue weighted by Crippen LogP contribution is -2.33. The number of hydrogen-bond donors (Lipinski definition) is 0. The van der Waals surface area contributed by atoms with Crippen LogP contribution in [0.5, 0.6) is 0 Å². The van der Waals surface area contributed by atoms with E-state index >= 15 is 0 Å². The molecule has 0 rings (SSSR count). The largest absolute Gasteiger partial charge is 0.469 e. The molecule has 0 aliphatic carbocycles. The average Bonchev–Trinajstić information content (AvgIpc) is 2.54. The highest BCUT2D eigenvalue weighted by atomic mass is 16.5. The summed E-state index contributed by atoms with van der Waals surface area (Å²) in [4.78, 5) is 35.4. The second-order valence-electron chi connectivity index (χ2n) is 5.24. The van der Waals surface area contributed by atoms with Crippen LogP contribution < -0.4 is 0 Å². The first-order valence-electron chi connectivity index (χ1n) is 7.74. The molecular formula is C16H28O6. The Morgan fingerprint density at radius 3 is 1.82 bits per heavy atom. The molecule has 128 valence electrons. The van der Waals surface area contributed by atoms with Crippen molar-refractivity contribution in [3.63, 3.8) is 0 Å². The zero-order valence-electron chi connectivity index (χ0n) is 14.1. The van der Waals surface area contributed by atoms with Crippen molar-refractivity contribution in [2.24, 2.45) is 11.8 Å². The van der Waals surface area contributed by atoms with Gasteiger partial charge in [-0.2, -0.15) is 0 Å². The van der Waals surface area contributed by atoms with Crippen LogP contribution in [0.2, 0.25) is 0 Å². The summed E-state index contributed by atoms with van der Waals surface area (Å²) in [6.07, 6.45) is 5.45. The van der Waals surface area contributed by atoms with E-state index in [0.29, 0.717) is 6.42 Å². The molecule has 0 amide bonds. The fraction of sp³-hybridized carbons (Fsp3) is 0.812. The Morgan fingerprint density at radius 1 is 0.773 bits per heavy atom. The van der Waals surface area contributed by atoms with Gasteiger partial charge < -0.3 is 14.2 Å². The molecule has 0 aliphatic rings. The predicted octanol–water partition coefficient (Wildman–Crippen LogP) is 2.49. The fourth-order valence-electron chi connectivity index (χ4n) is 2.41. The van der Waals surface area contributed by atoms with E-state index in [4.69, 9.17) is 9.47 Å². The summed E-state index contributed by atoms with van der Waals surface area (Å²) in [6, 6.07) is 0. The Bertz CT molecular complexity index is 353. The minimum Gasteiger partial charge on any atom is -0.469 e. The minimum atomic E-state index is -0.865. The summed E-state index contributed by atoms with van der Waals surface area (Å²) in [7, 11) is 3.76. The molecule has 0 aromatic carbocycles. The number of carbonyl (C=O) groups is 3. The summed E-state index contributed by atoms with van der Waals surface area (Å²) in [5.41, 5.74) is 0. The Labute approximate surface area is 132 Å². The molecule has 2 unspecified atom stereocenters. The fourth-order valence-corrected chi connectivity index (χ4v) is 2.41. The molecule has 2 atom stereocenters. The molecule has 0 aromatic rings. The number of unbranched alkanes of at least 4 members (excludes halogenated alkanes) is 4. The second kappa shape index (κ2) is 12.0. The SMILES string of the molecule is CCCCCCCC(C(=O)OC)C(CC(=O)OC)C(=O)OC. The van der Waals surface area contributed by atoms with Gasteiger partial charge in [-0.25, -0.2) is 0 Å². The van der Waals surface area contributed by atoms with E-state index in [1.807, 2.05) is 0 Å². The molecule has 0 fully saturated rings.